The number of aromatic nitrogens is 2. The van der Waals surface area contributed by atoms with Crippen LogP contribution < -0.4 is 0 Å². The van der Waals surface area contributed by atoms with Gasteiger partial charge in [0, 0.05) is 5.92 Å². The van der Waals surface area contributed by atoms with E-state index in [0.29, 0.717) is 0 Å². The lowest BCUT2D eigenvalue weighted by molar-refractivity contribution is 0.164. The van der Waals surface area contributed by atoms with E-state index in [1.165, 1.54) is 0 Å². The molecule has 0 bridgehead atoms. The Labute approximate surface area is 96.3 Å². The fraction of sp³-hybridized carbons (Fsp3) is 0.818. The van der Waals surface area contributed by atoms with Gasteiger partial charge in [0.25, 0.3) is 0 Å². The number of hydrogen-bond donors (Lipinski definition) is 1. The third kappa shape index (κ3) is 2.91. The largest absolute Gasteiger partial charge is 0.348 e. The van der Waals surface area contributed by atoms with Gasteiger partial charge >= 0.3 is 4.84 Å². The van der Waals surface area contributed by atoms with Gasteiger partial charge < -0.3 is 4.52 Å². The molecule has 0 unspecified atom stereocenters. The minimum absolute atomic E-state index is 0.118. The zero-order valence-electron chi connectivity index (χ0n) is 10.3. The van der Waals surface area contributed by atoms with E-state index in [4.69, 9.17) is 16.7 Å². The van der Waals surface area contributed by atoms with Gasteiger partial charge in [0.1, 0.15) is 5.82 Å². The molecule has 86 valence electrons. The molecule has 3 nitrogen and oxygen atoms in total. The van der Waals surface area contributed by atoms with Crippen molar-refractivity contribution < 1.29 is 4.52 Å². The van der Waals surface area contributed by atoms with Gasteiger partial charge in [-0.2, -0.15) is 4.98 Å². The lowest BCUT2D eigenvalue weighted by Crippen LogP contribution is -2.31. The van der Waals surface area contributed by atoms with Crippen LogP contribution in [0.1, 0.15) is 53.3 Å². The third-order valence-electron chi connectivity index (χ3n) is 2.46. The minimum atomic E-state index is 0.118. The predicted octanol–water partition coefficient (Wildman–Crippen LogP) is 3.91. The van der Waals surface area contributed by atoms with Crippen molar-refractivity contribution in [3.05, 3.63) is 10.7 Å². The molecule has 0 spiro atoms. The first-order valence-corrected chi connectivity index (χ1v) is 5.58. The van der Waals surface area contributed by atoms with Gasteiger partial charge in [-0.25, -0.2) is 5.16 Å². The van der Waals surface area contributed by atoms with Gasteiger partial charge in [-0.15, -0.1) is 0 Å². The maximum Gasteiger partial charge on any atom is 0.314 e. The SMILES string of the molecule is CC(C)(C)C(c1nc(=S)o[nH]1)C(C)(C)C. The summed E-state index contributed by atoms with van der Waals surface area (Å²) >= 11 is 4.89. The Morgan fingerprint density at radius 2 is 1.60 bits per heavy atom. The summed E-state index contributed by atoms with van der Waals surface area (Å²) in [5, 5.41) is 2.83. The minimum Gasteiger partial charge on any atom is -0.348 e. The van der Waals surface area contributed by atoms with E-state index in [9.17, 15) is 0 Å². The molecule has 1 N–H and O–H groups in total. The highest BCUT2D eigenvalue weighted by molar-refractivity contribution is 7.71. The summed E-state index contributed by atoms with van der Waals surface area (Å²) in [6, 6.07) is 0. The van der Waals surface area contributed by atoms with Crippen LogP contribution in [0.2, 0.25) is 0 Å². The highest BCUT2D eigenvalue weighted by Gasteiger charge is 2.38. The first kappa shape index (κ1) is 12.4. The molecular weight excluding hydrogens is 208 g/mol. The zero-order valence-corrected chi connectivity index (χ0v) is 11.2. The van der Waals surface area contributed by atoms with Crippen molar-refractivity contribution >= 4 is 12.2 Å². The monoisotopic (exact) mass is 228 g/mol. The van der Waals surface area contributed by atoms with Crippen molar-refractivity contribution in [2.24, 2.45) is 10.8 Å². The predicted molar refractivity (Wildman–Crippen MR) is 63.3 cm³/mol. The van der Waals surface area contributed by atoms with Crippen LogP contribution in [0, 0.1) is 15.7 Å². The molecule has 0 aliphatic carbocycles. The molecule has 0 atom stereocenters. The second-order valence-corrected chi connectivity index (χ2v) is 6.48. The molecule has 1 rings (SSSR count). The number of nitrogens with one attached hydrogen (secondary N) is 1. The first-order chi connectivity index (χ1) is 6.62. The van der Waals surface area contributed by atoms with Crippen LogP contribution in [0.25, 0.3) is 0 Å². The molecule has 0 saturated heterocycles. The molecule has 0 aliphatic rings. The lowest BCUT2D eigenvalue weighted by Gasteiger charge is -2.38. The molecule has 0 fully saturated rings. The summed E-state index contributed by atoms with van der Waals surface area (Å²) in [7, 11) is 0. The Morgan fingerprint density at radius 1 is 1.13 bits per heavy atom. The quantitative estimate of drug-likeness (QED) is 0.741. The van der Waals surface area contributed by atoms with Crippen molar-refractivity contribution in [1.29, 1.82) is 0 Å². The van der Waals surface area contributed by atoms with Crippen molar-refractivity contribution in [3.63, 3.8) is 0 Å². The van der Waals surface area contributed by atoms with Crippen LogP contribution >= 0.6 is 12.2 Å². The fourth-order valence-corrected chi connectivity index (χ4v) is 2.62. The molecule has 1 aromatic rings. The van der Waals surface area contributed by atoms with Gasteiger partial charge in [-0.05, 0) is 23.0 Å². The zero-order chi connectivity index (χ0) is 11.9. The average molecular weight is 228 g/mol. The van der Waals surface area contributed by atoms with Crippen LogP contribution in [0.3, 0.4) is 0 Å². The van der Waals surface area contributed by atoms with Gasteiger partial charge in [-0.3, -0.25) is 0 Å². The van der Waals surface area contributed by atoms with E-state index in [1.807, 2.05) is 0 Å². The fourth-order valence-electron chi connectivity index (χ4n) is 2.48. The topological polar surface area (TPSA) is 41.8 Å². The van der Waals surface area contributed by atoms with Gasteiger partial charge in [0.05, 0.1) is 0 Å². The molecule has 0 aromatic carbocycles. The number of H-pyrrole nitrogens is 1. The Kier molecular flexibility index (Phi) is 3.10. The maximum absolute atomic E-state index is 5.01. The highest BCUT2D eigenvalue weighted by atomic mass is 32.1. The van der Waals surface area contributed by atoms with Crippen LogP contribution in [0.5, 0.6) is 0 Å². The third-order valence-corrected chi connectivity index (χ3v) is 2.63. The van der Waals surface area contributed by atoms with E-state index < -0.39 is 0 Å². The first-order valence-electron chi connectivity index (χ1n) is 5.18. The normalized spacial score (nSPS) is 13.5. The number of aromatic amines is 1. The summed E-state index contributed by atoms with van der Waals surface area (Å²) in [6.45, 7) is 13.2. The van der Waals surface area contributed by atoms with Crippen molar-refractivity contribution in [2.75, 3.05) is 0 Å². The van der Waals surface area contributed by atoms with Crippen LogP contribution in [-0.4, -0.2) is 10.1 Å². The van der Waals surface area contributed by atoms with E-state index in [1.54, 1.807) is 0 Å². The number of rotatable bonds is 1. The molecule has 1 aromatic heterocycles. The average Bonchev–Trinajstić information content (AvgIpc) is 2.28. The van der Waals surface area contributed by atoms with E-state index >= 15 is 0 Å². The molecule has 15 heavy (non-hydrogen) atoms. The summed E-state index contributed by atoms with van der Waals surface area (Å²) in [4.78, 5) is 4.52. The Morgan fingerprint density at radius 3 is 1.87 bits per heavy atom. The second-order valence-electron chi connectivity index (χ2n) is 6.13. The van der Waals surface area contributed by atoms with Crippen LogP contribution in [0.15, 0.2) is 4.52 Å². The summed E-state index contributed by atoms with van der Waals surface area (Å²) in [5.74, 6) is 1.13. The number of nitrogens with zero attached hydrogens (tertiary/aromatic N) is 1. The molecule has 1 heterocycles. The Hall–Kier alpha value is -0.640. The van der Waals surface area contributed by atoms with Crippen molar-refractivity contribution in [3.8, 4) is 0 Å². The number of hydrogen-bond acceptors (Lipinski definition) is 3. The second kappa shape index (κ2) is 3.74. The van der Waals surface area contributed by atoms with E-state index in [0.717, 1.165) is 5.82 Å². The van der Waals surface area contributed by atoms with Crippen LogP contribution in [0.4, 0.5) is 0 Å². The summed E-state index contributed by atoms with van der Waals surface area (Å²) in [5.41, 5.74) is 0.237. The Balaban J connectivity index is 3.19. The summed E-state index contributed by atoms with van der Waals surface area (Å²) < 4.78 is 5.01. The molecule has 0 amide bonds. The van der Waals surface area contributed by atoms with Crippen LogP contribution in [-0.2, 0) is 0 Å². The highest BCUT2D eigenvalue weighted by Crippen LogP contribution is 2.45. The van der Waals surface area contributed by atoms with E-state index in [2.05, 4.69) is 51.7 Å². The maximum atomic E-state index is 5.01. The molecule has 0 aliphatic heterocycles. The van der Waals surface area contributed by atoms with E-state index in [-0.39, 0.29) is 21.6 Å². The standard InChI is InChI=1S/C11H20N2OS/c1-10(2,3)7(11(4,5)6)8-12-9(15)14-13-8/h7H,1-6H3,(H,12,13,15). The van der Waals surface area contributed by atoms with Crippen molar-refractivity contribution in [1.82, 2.24) is 10.1 Å². The molecule has 0 saturated carbocycles. The molecular formula is C11H20N2OS. The summed E-state index contributed by atoms with van der Waals surface area (Å²) in [6.07, 6.45) is 0. The Bertz CT molecular complexity index is 364. The van der Waals surface area contributed by atoms with Crippen molar-refractivity contribution in [2.45, 2.75) is 47.5 Å². The van der Waals surface area contributed by atoms with Gasteiger partial charge in [0.2, 0.25) is 0 Å². The smallest absolute Gasteiger partial charge is 0.314 e. The molecule has 0 radical (unpaired) electrons. The van der Waals surface area contributed by atoms with Gasteiger partial charge in [-0.1, -0.05) is 41.5 Å². The molecule has 4 heteroatoms. The lowest BCUT2D eigenvalue weighted by atomic mass is 9.66. The van der Waals surface area contributed by atoms with Gasteiger partial charge in [0.15, 0.2) is 0 Å².